The van der Waals surface area contributed by atoms with Crippen molar-refractivity contribution in [2.24, 2.45) is 5.10 Å². The van der Waals surface area contributed by atoms with Gasteiger partial charge in [-0.2, -0.15) is 5.10 Å². The van der Waals surface area contributed by atoms with Crippen LogP contribution in [0.25, 0.3) is 0 Å². The molecule has 0 fully saturated rings. The smallest absolute Gasteiger partial charge is 0.273 e. The second-order valence-corrected chi connectivity index (χ2v) is 7.74. The molecule has 158 valence electrons. The molecular weight excluding hydrogens is 486 g/mol. The summed E-state index contributed by atoms with van der Waals surface area (Å²) in [5.74, 6) is 0.0823. The molecule has 0 aliphatic carbocycles. The number of hydrogen-bond acceptors (Lipinski definition) is 5. The molecular formula is C22H17BrClN3O4. The predicted molar refractivity (Wildman–Crippen MR) is 122 cm³/mol. The van der Waals surface area contributed by atoms with Crippen LogP contribution < -0.4 is 10.2 Å². The summed E-state index contributed by atoms with van der Waals surface area (Å²) in [6.45, 7) is 0.270. The Labute approximate surface area is 192 Å². The summed E-state index contributed by atoms with van der Waals surface area (Å²) in [5, 5.41) is 15.6. The molecule has 0 radical (unpaired) electrons. The third-order valence-corrected chi connectivity index (χ3v) is 5.11. The summed E-state index contributed by atoms with van der Waals surface area (Å²) in [6, 6.07) is 18.9. The van der Waals surface area contributed by atoms with Gasteiger partial charge in [0.1, 0.15) is 12.4 Å². The van der Waals surface area contributed by atoms with Crippen molar-refractivity contribution in [2.75, 3.05) is 0 Å². The Hall–Kier alpha value is -3.23. The average molecular weight is 503 g/mol. The van der Waals surface area contributed by atoms with Crippen LogP contribution in [0, 0.1) is 10.1 Å². The monoisotopic (exact) mass is 501 g/mol. The highest BCUT2D eigenvalue weighted by molar-refractivity contribution is 9.10. The van der Waals surface area contributed by atoms with Gasteiger partial charge in [-0.25, -0.2) is 5.43 Å². The number of nitrogens with one attached hydrogen (secondary N) is 1. The van der Waals surface area contributed by atoms with Crippen LogP contribution in [0.3, 0.4) is 0 Å². The largest absolute Gasteiger partial charge is 0.488 e. The fourth-order valence-electron chi connectivity index (χ4n) is 2.75. The topological polar surface area (TPSA) is 93.8 Å². The Bertz CT molecular complexity index is 1140. The van der Waals surface area contributed by atoms with Crippen LogP contribution in [-0.2, 0) is 17.8 Å². The lowest BCUT2D eigenvalue weighted by atomic mass is 10.1. The van der Waals surface area contributed by atoms with Crippen molar-refractivity contribution in [3.8, 4) is 5.75 Å². The minimum Gasteiger partial charge on any atom is -0.488 e. The lowest BCUT2D eigenvalue weighted by Crippen LogP contribution is -2.20. The maximum Gasteiger partial charge on any atom is 0.273 e. The van der Waals surface area contributed by atoms with E-state index >= 15 is 0 Å². The Balaban J connectivity index is 1.66. The fraction of sp³-hybridized carbons (Fsp3) is 0.0909. The number of rotatable bonds is 8. The van der Waals surface area contributed by atoms with E-state index in [9.17, 15) is 14.9 Å². The van der Waals surface area contributed by atoms with Crippen molar-refractivity contribution in [2.45, 2.75) is 13.0 Å². The van der Waals surface area contributed by atoms with E-state index in [0.29, 0.717) is 21.9 Å². The normalized spacial score (nSPS) is 10.8. The second-order valence-electron chi connectivity index (χ2n) is 6.42. The Kier molecular flexibility index (Phi) is 7.75. The molecule has 0 unspecified atom stereocenters. The van der Waals surface area contributed by atoms with E-state index in [-0.39, 0.29) is 18.7 Å². The summed E-state index contributed by atoms with van der Waals surface area (Å²) in [6.07, 6.45) is 1.28. The van der Waals surface area contributed by atoms with Crippen molar-refractivity contribution in [3.63, 3.8) is 0 Å². The zero-order valence-corrected chi connectivity index (χ0v) is 18.5. The van der Waals surface area contributed by atoms with Gasteiger partial charge in [-0.1, -0.05) is 63.9 Å². The van der Waals surface area contributed by atoms with Crippen LogP contribution in [0.2, 0.25) is 5.02 Å². The number of ether oxygens (including phenoxy) is 1. The third-order valence-electron chi connectivity index (χ3n) is 4.25. The van der Waals surface area contributed by atoms with E-state index in [1.54, 1.807) is 30.3 Å². The Morgan fingerprint density at radius 3 is 2.58 bits per heavy atom. The van der Waals surface area contributed by atoms with Crippen LogP contribution in [-0.4, -0.2) is 17.0 Å². The number of para-hydroxylation sites is 1. The Morgan fingerprint density at radius 1 is 1.13 bits per heavy atom. The zero-order chi connectivity index (χ0) is 22.2. The van der Waals surface area contributed by atoms with Crippen molar-refractivity contribution in [3.05, 3.63) is 103 Å². The van der Waals surface area contributed by atoms with Crippen LogP contribution in [0.15, 0.2) is 76.3 Å². The molecule has 0 bridgehead atoms. The fourth-order valence-corrected chi connectivity index (χ4v) is 3.32. The van der Waals surface area contributed by atoms with Gasteiger partial charge in [-0.3, -0.25) is 14.9 Å². The lowest BCUT2D eigenvalue weighted by molar-refractivity contribution is -0.385. The van der Waals surface area contributed by atoms with E-state index in [1.807, 2.05) is 24.3 Å². The molecule has 1 N–H and O–H groups in total. The molecule has 7 nitrogen and oxygen atoms in total. The number of nitro groups is 1. The first-order valence-corrected chi connectivity index (χ1v) is 10.3. The van der Waals surface area contributed by atoms with Gasteiger partial charge >= 0.3 is 0 Å². The number of nitro benzene ring substituents is 1. The minimum atomic E-state index is -0.518. The van der Waals surface area contributed by atoms with Gasteiger partial charge in [0, 0.05) is 32.3 Å². The number of hydrazone groups is 1. The van der Waals surface area contributed by atoms with Crippen molar-refractivity contribution < 1.29 is 14.5 Å². The molecule has 0 saturated carbocycles. The molecule has 31 heavy (non-hydrogen) atoms. The van der Waals surface area contributed by atoms with Crippen molar-refractivity contribution >= 4 is 45.3 Å². The van der Waals surface area contributed by atoms with E-state index in [1.165, 1.54) is 18.3 Å². The van der Waals surface area contributed by atoms with Crippen LogP contribution in [0.4, 0.5) is 5.69 Å². The molecule has 0 atom stereocenters. The molecule has 0 aromatic heterocycles. The Morgan fingerprint density at radius 2 is 1.84 bits per heavy atom. The van der Waals surface area contributed by atoms with Gasteiger partial charge in [-0.15, -0.1) is 0 Å². The van der Waals surface area contributed by atoms with Gasteiger partial charge in [0.15, 0.2) is 0 Å². The number of halogens is 2. The van der Waals surface area contributed by atoms with Gasteiger partial charge in [0.2, 0.25) is 5.91 Å². The molecule has 0 spiro atoms. The first kappa shape index (κ1) is 22.5. The van der Waals surface area contributed by atoms with Gasteiger partial charge in [-0.05, 0) is 24.3 Å². The van der Waals surface area contributed by atoms with Crippen LogP contribution in [0.1, 0.15) is 16.7 Å². The lowest BCUT2D eigenvalue weighted by Gasteiger charge is -2.10. The number of benzene rings is 3. The third kappa shape index (κ3) is 6.37. The average Bonchev–Trinajstić information content (AvgIpc) is 2.74. The summed E-state index contributed by atoms with van der Waals surface area (Å²) in [7, 11) is 0. The highest BCUT2D eigenvalue weighted by atomic mass is 79.9. The maximum atomic E-state index is 12.2. The van der Waals surface area contributed by atoms with Crippen molar-refractivity contribution in [1.29, 1.82) is 0 Å². The number of carbonyl (C=O) groups excluding carboxylic acids is 1. The summed E-state index contributed by atoms with van der Waals surface area (Å²) >= 11 is 9.57. The molecule has 0 saturated heterocycles. The molecule has 0 heterocycles. The van der Waals surface area contributed by atoms with E-state index < -0.39 is 10.8 Å². The zero-order valence-electron chi connectivity index (χ0n) is 16.1. The number of nitrogens with zero attached hydrogens (tertiary/aromatic N) is 2. The molecule has 0 aliphatic heterocycles. The summed E-state index contributed by atoms with van der Waals surface area (Å²) in [5.41, 5.74) is 4.07. The standard InChI is InChI=1S/C22H17BrClN3O4/c23-18-9-10-21(31-14-16-6-1-3-7-19(16)24)17(11-18)13-25-26-22(28)12-15-5-2-4-8-20(15)27(29)30/h1-11,13H,12,14H2,(H,26,28)/b25-13+. The van der Waals surface area contributed by atoms with E-state index in [2.05, 4.69) is 26.5 Å². The van der Waals surface area contributed by atoms with Crippen LogP contribution in [0.5, 0.6) is 5.75 Å². The first-order chi connectivity index (χ1) is 14.9. The quantitative estimate of drug-likeness (QED) is 0.257. The molecule has 3 rings (SSSR count). The van der Waals surface area contributed by atoms with E-state index in [0.717, 1.165) is 10.0 Å². The maximum absolute atomic E-state index is 12.2. The van der Waals surface area contributed by atoms with E-state index in [4.69, 9.17) is 16.3 Å². The highest BCUT2D eigenvalue weighted by Crippen LogP contribution is 2.24. The molecule has 3 aromatic rings. The molecule has 9 heteroatoms. The summed E-state index contributed by atoms with van der Waals surface area (Å²) < 4.78 is 6.68. The number of carbonyl (C=O) groups is 1. The molecule has 3 aromatic carbocycles. The highest BCUT2D eigenvalue weighted by Gasteiger charge is 2.15. The van der Waals surface area contributed by atoms with Gasteiger partial charge < -0.3 is 4.74 Å². The van der Waals surface area contributed by atoms with Gasteiger partial charge in [0.05, 0.1) is 17.6 Å². The van der Waals surface area contributed by atoms with Crippen LogP contribution >= 0.6 is 27.5 Å². The van der Waals surface area contributed by atoms with Crippen molar-refractivity contribution in [1.82, 2.24) is 5.43 Å². The number of hydrogen-bond donors (Lipinski definition) is 1. The molecule has 0 aliphatic rings. The second kappa shape index (κ2) is 10.7. The predicted octanol–water partition coefficient (Wildman–Crippen LogP) is 5.28. The number of amides is 1. The first-order valence-electron chi connectivity index (χ1n) is 9.14. The SMILES string of the molecule is O=C(Cc1ccccc1[N+](=O)[O-])N/N=C/c1cc(Br)ccc1OCc1ccccc1Cl. The summed E-state index contributed by atoms with van der Waals surface area (Å²) in [4.78, 5) is 22.7. The van der Waals surface area contributed by atoms with Gasteiger partial charge in [0.25, 0.3) is 5.69 Å². The minimum absolute atomic E-state index is 0.108. The molecule has 1 amide bonds.